The van der Waals surface area contributed by atoms with Crippen LogP contribution in [0.1, 0.15) is 5.56 Å². The molecule has 0 atom stereocenters. The summed E-state index contributed by atoms with van der Waals surface area (Å²) in [4.78, 5) is 1.70. The van der Waals surface area contributed by atoms with Crippen LogP contribution in [0, 0.1) is 29.6 Å². The third-order valence-corrected chi connectivity index (χ3v) is 2.10. The van der Waals surface area contributed by atoms with Gasteiger partial charge < -0.3 is 10.6 Å². The zero-order valence-electron chi connectivity index (χ0n) is 8.57. The Balaban J connectivity index is 3.06. The Bertz CT molecular complexity index is 409. The number of aryl methyl sites for hydroxylation is 1. The van der Waals surface area contributed by atoms with Crippen LogP contribution in [-0.2, 0) is 0 Å². The zero-order chi connectivity index (χ0) is 11.3. The Labute approximate surface area is 89.1 Å². The lowest BCUT2D eigenvalue weighted by atomic mass is 10.1. The van der Waals surface area contributed by atoms with Gasteiger partial charge in [0, 0.05) is 11.4 Å². The molecule has 0 aliphatic heterocycles. The van der Waals surface area contributed by atoms with Gasteiger partial charge in [-0.25, -0.2) is 0 Å². The summed E-state index contributed by atoms with van der Waals surface area (Å²) in [6.07, 6.45) is 0. The molecule has 0 bridgehead atoms. The highest BCUT2D eigenvalue weighted by atomic mass is 15.1. The molecule has 76 valence electrons. The van der Waals surface area contributed by atoms with E-state index in [1.165, 1.54) is 0 Å². The van der Waals surface area contributed by atoms with Gasteiger partial charge in [-0.2, -0.15) is 10.5 Å². The number of anilines is 2. The molecular weight excluding hydrogens is 188 g/mol. The monoisotopic (exact) mass is 200 g/mol. The van der Waals surface area contributed by atoms with E-state index in [1.54, 1.807) is 17.0 Å². The van der Waals surface area contributed by atoms with Crippen molar-refractivity contribution in [3.63, 3.8) is 0 Å². The van der Waals surface area contributed by atoms with Crippen molar-refractivity contribution in [2.75, 3.05) is 23.7 Å². The molecule has 4 heteroatoms. The summed E-state index contributed by atoms with van der Waals surface area (Å²) in [7, 11) is 0. The Morgan fingerprint density at radius 2 is 1.87 bits per heavy atom. The van der Waals surface area contributed by atoms with Gasteiger partial charge in [0.25, 0.3) is 0 Å². The molecule has 0 aliphatic rings. The fourth-order valence-corrected chi connectivity index (χ4v) is 1.36. The molecule has 0 spiro atoms. The summed E-state index contributed by atoms with van der Waals surface area (Å²) < 4.78 is 0. The summed E-state index contributed by atoms with van der Waals surface area (Å²) in [5.41, 5.74) is 8.16. The maximum Gasteiger partial charge on any atom is 0.106 e. The number of nitrogens with two attached hydrogens (primary N) is 1. The van der Waals surface area contributed by atoms with Crippen LogP contribution in [0.4, 0.5) is 11.4 Å². The fourth-order valence-electron chi connectivity index (χ4n) is 1.36. The highest BCUT2D eigenvalue weighted by molar-refractivity contribution is 5.61. The van der Waals surface area contributed by atoms with Gasteiger partial charge >= 0.3 is 0 Å². The van der Waals surface area contributed by atoms with Crippen LogP contribution in [0.3, 0.4) is 0 Å². The van der Waals surface area contributed by atoms with Gasteiger partial charge in [0.15, 0.2) is 0 Å². The number of nitriles is 2. The summed E-state index contributed by atoms with van der Waals surface area (Å²) in [5, 5.41) is 17.3. The van der Waals surface area contributed by atoms with Gasteiger partial charge in [0.2, 0.25) is 0 Å². The molecule has 0 fully saturated rings. The van der Waals surface area contributed by atoms with E-state index in [1.807, 2.05) is 25.1 Å². The van der Waals surface area contributed by atoms with Crippen molar-refractivity contribution >= 4 is 11.4 Å². The highest BCUT2D eigenvalue weighted by Gasteiger charge is 2.08. The number of benzene rings is 1. The van der Waals surface area contributed by atoms with Crippen molar-refractivity contribution in [3.8, 4) is 12.1 Å². The van der Waals surface area contributed by atoms with Crippen LogP contribution in [-0.4, -0.2) is 13.1 Å². The normalized spacial score (nSPS) is 9.00. The lowest BCUT2D eigenvalue weighted by Crippen LogP contribution is -2.24. The topological polar surface area (TPSA) is 76.8 Å². The summed E-state index contributed by atoms with van der Waals surface area (Å²) in [5.74, 6) is 0. The summed E-state index contributed by atoms with van der Waals surface area (Å²) in [6.45, 7) is 2.31. The van der Waals surface area contributed by atoms with Crippen LogP contribution in [0.25, 0.3) is 0 Å². The second-order valence-corrected chi connectivity index (χ2v) is 3.22. The fraction of sp³-hybridized carbons (Fsp3) is 0.273. The number of hydrogen-bond acceptors (Lipinski definition) is 4. The van der Waals surface area contributed by atoms with Crippen LogP contribution in [0.15, 0.2) is 18.2 Å². The van der Waals surface area contributed by atoms with Crippen LogP contribution >= 0.6 is 0 Å². The molecular formula is C11H12N4. The van der Waals surface area contributed by atoms with Crippen molar-refractivity contribution in [2.45, 2.75) is 6.92 Å². The van der Waals surface area contributed by atoms with Crippen LogP contribution < -0.4 is 10.6 Å². The standard InChI is InChI=1S/C11H12N4/c1-9-2-3-10(14)8-11(9)15(6-4-12)7-5-13/h2-3,8H,6-7,14H2,1H3. The smallest absolute Gasteiger partial charge is 0.106 e. The molecule has 2 N–H and O–H groups in total. The first-order chi connectivity index (χ1) is 7.19. The minimum absolute atomic E-state index is 0.192. The Hall–Kier alpha value is -2.20. The highest BCUT2D eigenvalue weighted by Crippen LogP contribution is 2.22. The number of rotatable bonds is 3. The SMILES string of the molecule is Cc1ccc(N)cc1N(CC#N)CC#N. The van der Waals surface area contributed by atoms with Gasteiger partial charge in [0.1, 0.15) is 13.1 Å². The van der Waals surface area contributed by atoms with Gasteiger partial charge in [-0.1, -0.05) is 6.07 Å². The average molecular weight is 200 g/mol. The maximum absolute atomic E-state index is 8.65. The lowest BCUT2D eigenvalue weighted by Gasteiger charge is -2.20. The van der Waals surface area contributed by atoms with E-state index in [0.717, 1.165) is 11.3 Å². The van der Waals surface area contributed by atoms with E-state index in [-0.39, 0.29) is 13.1 Å². The predicted molar refractivity (Wildman–Crippen MR) is 59.0 cm³/mol. The molecule has 0 radical (unpaired) electrons. The quantitative estimate of drug-likeness (QED) is 0.591. The van der Waals surface area contributed by atoms with Gasteiger partial charge in [-0.3, -0.25) is 0 Å². The van der Waals surface area contributed by atoms with Crippen LogP contribution in [0.5, 0.6) is 0 Å². The number of nitrogens with zero attached hydrogens (tertiary/aromatic N) is 3. The predicted octanol–water partition coefficient (Wildman–Crippen LogP) is 1.43. The first-order valence-corrected chi connectivity index (χ1v) is 4.54. The van der Waals surface area contributed by atoms with E-state index in [0.29, 0.717) is 5.69 Å². The number of hydrogen-bond donors (Lipinski definition) is 1. The van der Waals surface area contributed by atoms with Crippen molar-refractivity contribution in [1.29, 1.82) is 10.5 Å². The Morgan fingerprint density at radius 3 is 2.40 bits per heavy atom. The molecule has 15 heavy (non-hydrogen) atoms. The average Bonchev–Trinajstić information content (AvgIpc) is 2.21. The van der Waals surface area contributed by atoms with Crippen molar-refractivity contribution < 1.29 is 0 Å². The van der Waals surface area contributed by atoms with Gasteiger partial charge in [-0.15, -0.1) is 0 Å². The van der Waals surface area contributed by atoms with E-state index in [2.05, 4.69) is 0 Å². The first kappa shape index (κ1) is 10.9. The summed E-state index contributed by atoms with van der Waals surface area (Å²) >= 11 is 0. The van der Waals surface area contributed by atoms with Crippen molar-refractivity contribution in [1.82, 2.24) is 0 Å². The van der Waals surface area contributed by atoms with E-state index >= 15 is 0 Å². The van der Waals surface area contributed by atoms with Crippen molar-refractivity contribution in [2.24, 2.45) is 0 Å². The molecule has 4 nitrogen and oxygen atoms in total. The molecule has 0 aromatic heterocycles. The van der Waals surface area contributed by atoms with E-state index in [4.69, 9.17) is 16.3 Å². The Kier molecular flexibility index (Phi) is 3.54. The van der Waals surface area contributed by atoms with Crippen LogP contribution in [0.2, 0.25) is 0 Å². The molecule has 1 aromatic carbocycles. The van der Waals surface area contributed by atoms with E-state index < -0.39 is 0 Å². The molecule has 0 aliphatic carbocycles. The van der Waals surface area contributed by atoms with Gasteiger partial charge in [-0.05, 0) is 24.6 Å². The minimum Gasteiger partial charge on any atom is -0.399 e. The van der Waals surface area contributed by atoms with Crippen molar-refractivity contribution in [3.05, 3.63) is 23.8 Å². The first-order valence-electron chi connectivity index (χ1n) is 4.54. The molecule has 0 saturated carbocycles. The minimum atomic E-state index is 0.192. The summed E-state index contributed by atoms with van der Waals surface area (Å²) in [6, 6.07) is 9.53. The molecule has 1 rings (SSSR count). The molecule has 0 unspecified atom stereocenters. The lowest BCUT2D eigenvalue weighted by molar-refractivity contribution is 0.960. The van der Waals surface area contributed by atoms with Gasteiger partial charge in [0.05, 0.1) is 12.1 Å². The third kappa shape index (κ3) is 2.62. The van der Waals surface area contributed by atoms with E-state index in [9.17, 15) is 0 Å². The molecule has 1 aromatic rings. The Morgan fingerprint density at radius 1 is 1.27 bits per heavy atom. The maximum atomic E-state index is 8.65. The largest absolute Gasteiger partial charge is 0.399 e. The molecule has 0 saturated heterocycles. The zero-order valence-corrected chi connectivity index (χ0v) is 8.57. The molecule has 0 heterocycles. The second-order valence-electron chi connectivity index (χ2n) is 3.22. The second kappa shape index (κ2) is 4.88. The molecule has 0 amide bonds. The number of nitrogen functional groups attached to an aromatic ring is 1. The third-order valence-electron chi connectivity index (χ3n) is 2.10.